The zero-order valence-electron chi connectivity index (χ0n) is 21.2. The Kier molecular flexibility index (Phi) is 5.54. The number of nitrogens with zero attached hydrogens (tertiary/aromatic N) is 3. The highest BCUT2D eigenvalue weighted by atomic mass is 19.4. The van der Waals surface area contributed by atoms with E-state index in [9.17, 15) is 18.0 Å². The number of carbonyl (C=O) groups excluding carboxylic acids is 1. The van der Waals surface area contributed by atoms with Gasteiger partial charge in [-0.1, -0.05) is 36.4 Å². The number of H-pyrrole nitrogens is 1. The van der Waals surface area contributed by atoms with Crippen LogP contribution in [0.2, 0.25) is 0 Å². The second-order valence-corrected chi connectivity index (χ2v) is 10.8. The highest BCUT2D eigenvalue weighted by molar-refractivity contribution is 5.87. The Labute approximate surface area is 223 Å². The molecule has 5 aromatic rings. The summed E-state index contributed by atoms with van der Waals surface area (Å²) in [4.78, 5) is 22.4. The Morgan fingerprint density at radius 2 is 1.72 bits per heavy atom. The Balaban J connectivity index is 1.27. The summed E-state index contributed by atoms with van der Waals surface area (Å²) in [5.41, 5.74) is 3.65. The van der Waals surface area contributed by atoms with Gasteiger partial charge in [0, 0.05) is 42.8 Å². The molecule has 0 bridgehead atoms. The Bertz CT molecular complexity index is 1690. The molecular weight excluding hydrogens is 501 g/mol. The molecule has 1 N–H and O–H groups in total. The molecule has 2 aromatic heterocycles. The summed E-state index contributed by atoms with van der Waals surface area (Å²) >= 11 is 0. The van der Waals surface area contributed by atoms with Gasteiger partial charge in [-0.2, -0.15) is 13.2 Å². The van der Waals surface area contributed by atoms with Crippen LogP contribution in [0.5, 0.6) is 0 Å². The van der Waals surface area contributed by atoms with Gasteiger partial charge < -0.3 is 14.5 Å². The van der Waals surface area contributed by atoms with Crippen molar-refractivity contribution in [3.8, 4) is 22.5 Å². The van der Waals surface area contributed by atoms with Crippen molar-refractivity contribution in [3.05, 3.63) is 78.5 Å². The minimum atomic E-state index is -4.50. The van der Waals surface area contributed by atoms with Crippen LogP contribution in [-0.4, -0.2) is 38.4 Å². The maximum Gasteiger partial charge on any atom is 0.418 e. The van der Waals surface area contributed by atoms with E-state index in [4.69, 9.17) is 4.98 Å². The molecule has 1 atom stereocenters. The molecule has 7 rings (SSSR count). The van der Waals surface area contributed by atoms with Crippen molar-refractivity contribution >= 4 is 27.8 Å². The molecule has 5 nitrogen and oxygen atoms in total. The minimum absolute atomic E-state index is 0.0671. The molecule has 1 aliphatic carbocycles. The van der Waals surface area contributed by atoms with Gasteiger partial charge in [0.2, 0.25) is 5.91 Å². The van der Waals surface area contributed by atoms with E-state index in [-0.39, 0.29) is 23.3 Å². The number of imidazole rings is 1. The second kappa shape index (κ2) is 9.00. The number of hydrogen-bond acceptors (Lipinski definition) is 2. The van der Waals surface area contributed by atoms with Crippen LogP contribution in [-0.2, 0) is 17.5 Å². The summed E-state index contributed by atoms with van der Waals surface area (Å²) in [5, 5.41) is 1.11. The average molecular weight is 529 g/mol. The number of aromatic amines is 1. The number of rotatable bonds is 5. The molecule has 2 fully saturated rings. The summed E-state index contributed by atoms with van der Waals surface area (Å²) in [6.45, 7) is 1.61. The van der Waals surface area contributed by atoms with Crippen molar-refractivity contribution in [2.45, 2.75) is 32.0 Å². The van der Waals surface area contributed by atoms with Gasteiger partial charge in [0.15, 0.2) is 0 Å². The first-order chi connectivity index (χ1) is 18.8. The first-order valence-corrected chi connectivity index (χ1v) is 13.4. The van der Waals surface area contributed by atoms with Gasteiger partial charge in [-0.15, -0.1) is 0 Å². The number of para-hydroxylation sites is 1. The first-order valence-electron chi connectivity index (χ1n) is 13.4. The number of hydrogen-bond donors (Lipinski definition) is 1. The monoisotopic (exact) mass is 528 g/mol. The van der Waals surface area contributed by atoms with Crippen molar-refractivity contribution in [2.24, 2.45) is 11.8 Å². The van der Waals surface area contributed by atoms with E-state index in [1.54, 1.807) is 10.6 Å². The maximum absolute atomic E-state index is 14.1. The van der Waals surface area contributed by atoms with Gasteiger partial charge in [-0.25, -0.2) is 4.98 Å². The lowest BCUT2D eigenvalue weighted by Crippen LogP contribution is -2.30. The van der Waals surface area contributed by atoms with Crippen molar-refractivity contribution in [1.29, 1.82) is 0 Å². The van der Waals surface area contributed by atoms with Crippen molar-refractivity contribution in [2.75, 3.05) is 13.1 Å². The smallest absolute Gasteiger partial charge is 0.361 e. The van der Waals surface area contributed by atoms with Crippen LogP contribution < -0.4 is 0 Å². The molecule has 1 aliphatic heterocycles. The molecule has 0 unspecified atom stereocenters. The predicted octanol–water partition coefficient (Wildman–Crippen LogP) is 7.13. The normalized spacial score (nSPS) is 17.9. The van der Waals surface area contributed by atoms with Gasteiger partial charge in [0.25, 0.3) is 0 Å². The lowest BCUT2D eigenvalue weighted by molar-refractivity contribution is -0.136. The fraction of sp³-hybridized carbons (Fsp3) is 0.290. The van der Waals surface area contributed by atoms with Gasteiger partial charge >= 0.3 is 6.18 Å². The zero-order chi connectivity index (χ0) is 26.7. The molecular formula is C31H27F3N4O. The standard InChI is InChI=1S/C31H27F3N4O/c32-31(33,34)25-2-1-3-27-28(25)38(18-19-13-15-37(17-19)30(39)22-8-9-22)29(36-27)21-6-4-20(5-7-21)23-10-11-26-24(16-23)12-14-35-26/h1-7,10-12,14,16,19,22,35H,8-9,13,15,17-18H2/t19-/m1/s1. The fourth-order valence-corrected chi connectivity index (χ4v) is 5.89. The second-order valence-electron chi connectivity index (χ2n) is 10.8. The highest BCUT2D eigenvalue weighted by Gasteiger charge is 2.38. The number of fused-ring (bicyclic) bond motifs is 2. The molecule has 1 saturated carbocycles. The van der Waals surface area contributed by atoms with Crippen LogP contribution in [0.3, 0.4) is 0 Å². The van der Waals surface area contributed by atoms with E-state index in [2.05, 4.69) is 11.1 Å². The predicted molar refractivity (Wildman–Crippen MR) is 145 cm³/mol. The largest absolute Gasteiger partial charge is 0.418 e. The van der Waals surface area contributed by atoms with E-state index < -0.39 is 11.7 Å². The van der Waals surface area contributed by atoms with Gasteiger partial charge in [0.1, 0.15) is 5.82 Å². The number of carbonyl (C=O) groups is 1. The molecule has 0 radical (unpaired) electrons. The lowest BCUT2D eigenvalue weighted by Gasteiger charge is -2.19. The topological polar surface area (TPSA) is 53.9 Å². The quantitative estimate of drug-likeness (QED) is 0.264. The van der Waals surface area contributed by atoms with Crippen molar-refractivity contribution < 1.29 is 18.0 Å². The number of nitrogens with one attached hydrogen (secondary N) is 1. The van der Waals surface area contributed by atoms with Crippen LogP contribution in [0.25, 0.3) is 44.5 Å². The fourth-order valence-electron chi connectivity index (χ4n) is 5.89. The molecule has 39 heavy (non-hydrogen) atoms. The van der Waals surface area contributed by atoms with Crippen LogP contribution in [0.15, 0.2) is 72.9 Å². The molecule has 3 heterocycles. The van der Waals surface area contributed by atoms with E-state index in [1.165, 1.54) is 6.07 Å². The molecule has 198 valence electrons. The molecule has 1 saturated heterocycles. The average Bonchev–Trinajstić information content (AvgIpc) is 3.32. The number of benzene rings is 3. The number of halogens is 3. The third-order valence-electron chi connectivity index (χ3n) is 8.07. The molecule has 0 spiro atoms. The zero-order valence-corrected chi connectivity index (χ0v) is 21.2. The number of aromatic nitrogens is 3. The molecule has 1 amide bonds. The third-order valence-corrected chi connectivity index (χ3v) is 8.07. The Hall–Kier alpha value is -4.07. The summed E-state index contributed by atoms with van der Waals surface area (Å²) in [6, 6.07) is 20.2. The maximum atomic E-state index is 14.1. The van der Waals surface area contributed by atoms with Crippen molar-refractivity contribution in [1.82, 2.24) is 19.4 Å². The SMILES string of the molecule is O=C(C1CC1)N1CC[C@@H](Cn2c(-c3ccc(-c4ccc5[nH]ccc5c4)cc3)nc3cccc(C(F)(F)F)c32)C1. The van der Waals surface area contributed by atoms with E-state index >= 15 is 0 Å². The molecule has 2 aliphatic rings. The van der Waals surface area contributed by atoms with Gasteiger partial charge in [-0.3, -0.25) is 4.79 Å². The first kappa shape index (κ1) is 24.0. The van der Waals surface area contributed by atoms with Crippen LogP contribution in [0, 0.1) is 11.8 Å². The number of amides is 1. The Morgan fingerprint density at radius 1 is 0.949 bits per heavy atom. The molecule has 3 aromatic carbocycles. The van der Waals surface area contributed by atoms with E-state index in [1.807, 2.05) is 53.6 Å². The number of alkyl halides is 3. The van der Waals surface area contributed by atoms with Crippen LogP contribution in [0.1, 0.15) is 24.8 Å². The molecule has 8 heteroatoms. The summed E-state index contributed by atoms with van der Waals surface area (Å²) < 4.78 is 44.1. The minimum Gasteiger partial charge on any atom is -0.361 e. The van der Waals surface area contributed by atoms with Gasteiger partial charge in [0.05, 0.1) is 16.6 Å². The summed E-state index contributed by atoms with van der Waals surface area (Å²) in [7, 11) is 0. The lowest BCUT2D eigenvalue weighted by atomic mass is 10.0. The third kappa shape index (κ3) is 4.37. The van der Waals surface area contributed by atoms with E-state index in [0.717, 1.165) is 52.9 Å². The highest BCUT2D eigenvalue weighted by Crippen LogP contribution is 2.39. The Morgan fingerprint density at radius 3 is 2.49 bits per heavy atom. The summed E-state index contributed by atoms with van der Waals surface area (Å²) in [5.74, 6) is 0.915. The van der Waals surface area contributed by atoms with E-state index in [0.29, 0.717) is 31.0 Å². The van der Waals surface area contributed by atoms with Crippen LogP contribution >= 0.6 is 0 Å². The van der Waals surface area contributed by atoms with Crippen LogP contribution in [0.4, 0.5) is 13.2 Å². The van der Waals surface area contributed by atoms with Gasteiger partial charge in [-0.05, 0) is 72.0 Å². The van der Waals surface area contributed by atoms with Crippen molar-refractivity contribution in [3.63, 3.8) is 0 Å². The number of likely N-dealkylation sites (tertiary alicyclic amines) is 1. The summed E-state index contributed by atoms with van der Waals surface area (Å²) in [6.07, 6.45) is 0.0640.